The summed E-state index contributed by atoms with van der Waals surface area (Å²) in [5, 5.41) is 0. The summed E-state index contributed by atoms with van der Waals surface area (Å²) in [6.07, 6.45) is 5.99. The van der Waals surface area contributed by atoms with Crippen LogP contribution < -0.4 is 0 Å². The molecule has 1 atom stereocenters. The number of rotatable bonds is 4. The van der Waals surface area contributed by atoms with Gasteiger partial charge >= 0.3 is 5.97 Å². The quantitative estimate of drug-likeness (QED) is 0.625. The topological polar surface area (TPSA) is 59.5 Å². The molecule has 2 rings (SSSR count). The molecule has 1 aliphatic rings. The van der Waals surface area contributed by atoms with E-state index in [1.807, 2.05) is 12.1 Å². The minimum atomic E-state index is -0.417. The molecular weight excluding hydrogens is 276 g/mol. The van der Waals surface area contributed by atoms with Crippen molar-refractivity contribution in [3.8, 4) is 0 Å². The van der Waals surface area contributed by atoms with Crippen LogP contribution >= 0.6 is 11.8 Å². The number of carbonyl (C=O) groups is 2. The molecule has 1 amide bonds. The molecule has 0 aromatic carbocycles. The lowest BCUT2D eigenvalue weighted by Crippen LogP contribution is -2.49. The molecule has 1 aromatic heterocycles. The maximum absolute atomic E-state index is 12.3. The smallest absolute Gasteiger partial charge is 0.328 e. The van der Waals surface area contributed by atoms with Crippen molar-refractivity contribution >= 4 is 23.6 Å². The van der Waals surface area contributed by atoms with Gasteiger partial charge in [-0.3, -0.25) is 9.78 Å². The van der Waals surface area contributed by atoms with Gasteiger partial charge in [0.1, 0.15) is 6.04 Å². The van der Waals surface area contributed by atoms with Gasteiger partial charge in [-0.15, -0.1) is 11.8 Å². The maximum Gasteiger partial charge on any atom is 0.328 e. The highest BCUT2D eigenvalue weighted by Crippen LogP contribution is 2.22. The molecule has 0 aliphatic carbocycles. The Morgan fingerprint density at radius 1 is 1.40 bits per heavy atom. The number of hydrogen-bond donors (Lipinski definition) is 0. The molecule has 1 aliphatic heterocycles. The number of esters is 1. The van der Waals surface area contributed by atoms with Crippen molar-refractivity contribution < 1.29 is 14.3 Å². The van der Waals surface area contributed by atoms with Crippen LogP contribution in [-0.2, 0) is 14.3 Å². The van der Waals surface area contributed by atoms with Crippen LogP contribution in [0.2, 0.25) is 0 Å². The summed E-state index contributed by atoms with van der Waals surface area (Å²) in [4.78, 5) is 30.6. The zero-order chi connectivity index (χ0) is 14.4. The SMILES string of the molecule is COC(=O)C1CCCCN1C(=O)CSc1ccncc1. The van der Waals surface area contributed by atoms with E-state index in [0.717, 1.165) is 17.7 Å². The average Bonchev–Trinajstić information content (AvgIpc) is 2.52. The highest BCUT2D eigenvalue weighted by Gasteiger charge is 2.32. The van der Waals surface area contributed by atoms with E-state index in [1.165, 1.54) is 18.9 Å². The molecular formula is C14H18N2O3S. The molecule has 6 heteroatoms. The predicted octanol–water partition coefficient (Wildman–Crippen LogP) is 1.73. The number of methoxy groups -OCH3 is 1. The predicted molar refractivity (Wildman–Crippen MR) is 76.3 cm³/mol. The van der Waals surface area contributed by atoms with Gasteiger partial charge in [0.05, 0.1) is 12.9 Å². The van der Waals surface area contributed by atoms with Crippen molar-refractivity contribution in [2.45, 2.75) is 30.2 Å². The van der Waals surface area contributed by atoms with Crippen LogP contribution in [0.1, 0.15) is 19.3 Å². The second-order valence-electron chi connectivity index (χ2n) is 4.59. The van der Waals surface area contributed by atoms with Crippen molar-refractivity contribution in [2.24, 2.45) is 0 Å². The molecule has 0 bridgehead atoms. The standard InChI is InChI=1S/C14H18N2O3S/c1-19-14(18)12-4-2-3-9-16(12)13(17)10-20-11-5-7-15-8-6-11/h5-8,12H,2-4,9-10H2,1H3. The van der Waals surface area contributed by atoms with E-state index in [-0.39, 0.29) is 11.9 Å². The first kappa shape index (κ1) is 14.8. The molecule has 1 fully saturated rings. The lowest BCUT2D eigenvalue weighted by molar-refractivity contribution is -0.153. The summed E-state index contributed by atoms with van der Waals surface area (Å²) in [6.45, 7) is 0.634. The van der Waals surface area contributed by atoms with Crippen molar-refractivity contribution in [3.63, 3.8) is 0 Å². The largest absolute Gasteiger partial charge is 0.467 e. The Morgan fingerprint density at radius 2 is 2.15 bits per heavy atom. The summed E-state index contributed by atoms with van der Waals surface area (Å²) >= 11 is 1.46. The second-order valence-corrected chi connectivity index (χ2v) is 5.64. The Kier molecular flexibility index (Phi) is 5.40. The normalized spacial score (nSPS) is 18.6. The van der Waals surface area contributed by atoms with Crippen LogP contribution in [0.3, 0.4) is 0 Å². The van der Waals surface area contributed by atoms with Gasteiger partial charge in [-0.2, -0.15) is 0 Å². The van der Waals surface area contributed by atoms with E-state index in [2.05, 4.69) is 4.98 Å². The fraction of sp³-hybridized carbons (Fsp3) is 0.500. The number of ether oxygens (including phenoxy) is 1. The number of piperidine rings is 1. The number of pyridine rings is 1. The van der Waals surface area contributed by atoms with Gasteiger partial charge in [-0.25, -0.2) is 4.79 Å². The third-order valence-corrected chi connectivity index (χ3v) is 4.31. The Hall–Kier alpha value is -1.56. The van der Waals surface area contributed by atoms with Crippen molar-refractivity contribution in [1.29, 1.82) is 0 Å². The molecule has 0 saturated carbocycles. The number of nitrogens with zero attached hydrogens (tertiary/aromatic N) is 2. The number of likely N-dealkylation sites (tertiary alicyclic amines) is 1. The third kappa shape index (κ3) is 3.72. The summed E-state index contributed by atoms with van der Waals surface area (Å²) in [5.74, 6) is 0.00574. The first-order valence-electron chi connectivity index (χ1n) is 6.62. The summed E-state index contributed by atoms with van der Waals surface area (Å²) in [6, 6.07) is 3.32. The molecule has 5 nitrogen and oxygen atoms in total. The van der Waals surface area contributed by atoms with E-state index in [4.69, 9.17) is 4.74 Å². The number of amides is 1. The number of carbonyl (C=O) groups excluding carboxylic acids is 2. The molecule has 1 unspecified atom stereocenters. The van der Waals surface area contributed by atoms with Crippen LogP contribution in [0.5, 0.6) is 0 Å². The van der Waals surface area contributed by atoms with Crippen molar-refractivity contribution in [3.05, 3.63) is 24.5 Å². The van der Waals surface area contributed by atoms with E-state index in [9.17, 15) is 9.59 Å². The fourth-order valence-corrected chi connectivity index (χ4v) is 3.04. The monoisotopic (exact) mass is 294 g/mol. The maximum atomic E-state index is 12.3. The van der Waals surface area contributed by atoms with E-state index < -0.39 is 6.04 Å². The summed E-state index contributed by atoms with van der Waals surface area (Å²) < 4.78 is 4.78. The molecule has 20 heavy (non-hydrogen) atoms. The van der Waals surface area contributed by atoms with Crippen LogP contribution in [-0.4, -0.2) is 47.2 Å². The van der Waals surface area contributed by atoms with E-state index in [0.29, 0.717) is 18.7 Å². The number of aromatic nitrogens is 1. The Balaban J connectivity index is 1.94. The third-order valence-electron chi connectivity index (χ3n) is 3.31. The lowest BCUT2D eigenvalue weighted by atomic mass is 10.0. The van der Waals surface area contributed by atoms with Gasteiger partial charge in [0.15, 0.2) is 0 Å². The van der Waals surface area contributed by atoms with Crippen LogP contribution in [0, 0.1) is 0 Å². The van der Waals surface area contributed by atoms with Gasteiger partial charge in [0.2, 0.25) is 5.91 Å². The lowest BCUT2D eigenvalue weighted by Gasteiger charge is -2.33. The average molecular weight is 294 g/mol. The van der Waals surface area contributed by atoms with Gasteiger partial charge in [0, 0.05) is 23.8 Å². The first-order chi connectivity index (χ1) is 9.72. The molecule has 0 radical (unpaired) electrons. The zero-order valence-electron chi connectivity index (χ0n) is 11.4. The minimum absolute atomic E-state index is 0.0121. The summed E-state index contributed by atoms with van der Waals surface area (Å²) in [7, 11) is 1.37. The van der Waals surface area contributed by atoms with E-state index >= 15 is 0 Å². The van der Waals surface area contributed by atoms with Crippen molar-refractivity contribution in [1.82, 2.24) is 9.88 Å². The van der Waals surface area contributed by atoms with Gasteiger partial charge in [-0.05, 0) is 31.4 Å². The first-order valence-corrected chi connectivity index (χ1v) is 7.61. The van der Waals surface area contributed by atoms with Gasteiger partial charge in [-0.1, -0.05) is 0 Å². The second kappa shape index (κ2) is 7.28. The fourth-order valence-electron chi connectivity index (χ4n) is 2.27. The van der Waals surface area contributed by atoms with Crippen LogP contribution in [0.25, 0.3) is 0 Å². The van der Waals surface area contributed by atoms with Gasteiger partial charge in [0.25, 0.3) is 0 Å². The molecule has 1 saturated heterocycles. The van der Waals surface area contributed by atoms with Crippen LogP contribution in [0.15, 0.2) is 29.4 Å². The molecule has 0 spiro atoms. The summed E-state index contributed by atoms with van der Waals surface area (Å²) in [5.41, 5.74) is 0. The molecule has 2 heterocycles. The number of thioether (sulfide) groups is 1. The Morgan fingerprint density at radius 3 is 2.85 bits per heavy atom. The minimum Gasteiger partial charge on any atom is -0.467 e. The molecule has 1 aromatic rings. The Labute approximate surface area is 122 Å². The van der Waals surface area contributed by atoms with Crippen LogP contribution in [0.4, 0.5) is 0 Å². The molecule has 0 N–H and O–H groups in total. The number of hydrogen-bond acceptors (Lipinski definition) is 5. The Bertz CT molecular complexity index is 467. The van der Waals surface area contributed by atoms with Gasteiger partial charge < -0.3 is 9.64 Å². The molecule has 108 valence electrons. The highest BCUT2D eigenvalue weighted by molar-refractivity contribution is 8.00. The van der Waals surface area contributed by atoms with E-state index in [1.54, 1.807) is 17.3 Å². The highest BCUT2D eigenvalue weighted by atomic mass is 32.2. The zero-order valence-corrected chi connectivity index (χ0v) is 12.3. The van der Waals surface area contributed by atoms with Crippen molar-refractivity contribution in [2.75, 3.05) is 19.4 Å².